The molecule has 5 nitrogen and oxygen atoms in total. The molecule has 0 saturated heterocycles. The summed E-state index contributed by atoms with van der Waals surface area (Å²) in [5, 5.41) is 3.48. The zero-order valence-electron chi connectivity index (χ0n) is 17.8. The van der Waals surface area contributed by atoms with E-state index in [4.69, 9.17) is 9.47 Å². The van der Waals surface area contributed by atoms with E-state index in [1.807, 2.05) is 32.9 Å². The van der Waals surface area contributed by atoms with Crippen molar-refractivity contribution in [1.29, 1.82) is 0 Å². The van der Waals surface area contributed by atoms with Crippen LogP contribution in [0.25, 0.3) is 0 Å². The molecule has 0 spiro atoms. The van der Waals surface area contributed by atoms with E-state index in [0.717, 1.165) is 47.3 Å². The van der Waals surface area contributed by atoms with Crippen LogP contribution in [0.2, 0.25) is 0 Å². The van der Waals surface area contributed by atoms with E-state index in [0.29, 0.717) is 23.1 Å². The Labute approximate surface area is 176 Å². The first-order valence-corrected chi connectivity index (χ1v) is 10.9. The summed E-state index contributed by atoms with van der Waals surface area (Å²) in [5.41, 5.74) is 4.71. The molecular weight excluding hydrogens is 386 g/mol. The van der Waals surface area contributed by atoms with Gasteiger partial charge in [-0.3, -0.25) is 4.79 Å². The van der Waals surface area contributed by atoms with Crippen LogP contribution >= 0.6 is 11.3 Å². The van der Waals surface area contributed by atoms with Gasteiger partial charge in [-0.05, 0) is 75.1 Å². The molecule has 2 aromatic rings. The summed E-state index contributed by atoms with van der Waals surface area (Å²) in [6.45, 7) is 10.2. The Bertz CT molecular complexity index is 931. The number of thiophene rings is 1. The molecule has 1 heterocycles. The van der Waals surface area contributed by atoms with Gasteiger partial charge < -0.3 is 14.8 Å². The second-order valence-electron chi connectivity index (χ2n) is 7.77. The summed E-state index contributed by atoms with van der Waals surface area (Å²) in [4.78, 5) is 26.4. The molecule has 1 unspecified atom stereocenters. The first kappa shape index (κ1) is 21.4. The molecule has 1 amide bonds. The zero-order valence-corrected chi connectivity index (χ0v) is 18.6. The molecule has 1 atom stereocenters. The van der Waals surface area contributed by atoms with Gasteiger partial charge in [0.15, 0.2) is 6.61 Å². The maximum Gasteiger partial charge on any atom is 0.341 e. The highest BCUT2D eigenvalue weighted by Crippen LogP contribution is 2.40. The van der Waals surface area contributed by atoms with E-state index < -0.39 is 0 Å². The van der Waals surface area contributed by atoms with Gasteiger partial charge in [-0.15, -0.1) is 11.3 Å². The molecule has 3 rings (SSSR count). The molecular formula is C23H29NO4S. The van der Waals surface area contributed by atoms with Gasteiger partial charge in [0.05, 0.1) is 12.2 Å². The molecule has 0 fully saturated rings. The van der Waals surface area contributed by atoms with Crippen molar-refractivity contribution in [3.05, 3.63) is 44.8 Å². The van der Waals surface area contributed by atoms with Crippen molar-refractivity contribution in [2.24, 2.45) is 5.92 Å². The monoisotopic (exact) mass is 415 g/mol. The van der Waals surface area contributed by atoms with Crippen molar-refractivity contribution < 1.29 is 19.1 Å². The molecule has 29 heavy (non-hydrogen) atoms. The van der Waals surface area contributed by atoms with E-state index in [2.05, 4.69) is 12.2 Å². The molecule has 6 heteroatoms. The van der Waals surface area contributed by atoms with Crippen LogP contribution in [0.1, 0.15) is 57.8 Å². The van der Waals surface area contributed by atoms with Gasteiger partial charge in [-0.2, -0.15) is 0 Å². The number of aryl methyl sites for hydroxylation is 2. The zero-order chi connectivity index (χ0) is 21.1. The fraction of sp³-hybridized carbons (Fsp3) is 0.478. The molecule has 1 aliphatic carbocycles. The Morgan fingerprint density at radius 2 is 1.93 bits per heavy atom. The van der Waals surface area contributed by atoms with Crippen LogP contribution in [0.15, 0.2) is 12.1 Å². The summed E-state index contributed by atoms with van der Waals surface area (Å²) in [5.74, 6) is 0.684. The highest BCUT2D eigenvalue weighted by Gasteiger charge is 2.29. The minimum atomic E-state index is -0.360. The van der Waals surface area contributed by atoms with Gasteiger partial charge >= 0.3 is 5.97 Å². The van der Waals surface area contributed by atoms with E-state index >= 15 is 0 Å². The summed E-state index contributed by atoms with van der Waals surface area (Å²) >= 11 is 1.49. The van der Waals surface area contributed by atoms with Gasteiger partial charge in [0.25, 0.3) is 5.91 Å². The number of nitrogens with one attached hydrogen (secondary N) is 1. The van der Waals surface area contributed by atoms with Crippen molar-refractivity contribution in [3.8, 4) is 5.75 Å². The lowest BCUT2D eigenvalue weighted by molar-refractivity contribution is -0.118. The lowest BCUT2D eigenvalue weighted by Gasteiger charge is -2.18. The number of anilines is 1. The van der Waals surface area contributed by atoms with Gasteiger partial charge in [0.2, 0.25) is 0 Å². The van der Waals surface area contributed by atoms with Crippen LogP contribution in [-0.2, 0) is 22.4 Å². The SMILES string of the molecule is CCOC(=O)c1c(NC(=O)COc2c(C)ccc(C)c2C)sc2c1CCC(C)C2. The Morgan fingerprint density at radius 1 is 1.21 bits per heavy atom. The summed E-state index contributed by atoms with van der Waals surface area (Å²) in [7, 11) is 0. The van der Waals surface area contributed by atoms with Gasteiger partial charge in [-0.1, -0.05) is 19.1 Å². The molecule has 0 radical (unpaired) electrons. The third kappa shape index (κ3) is 4.64. The van der Waals surface area contributed by atoms with E-state index in [-0.39, 0.29) is 18.5 Å². The highest BCUT2D eigenvalue weighted by atomic mass is 32.1. The second-order valence-corrected chi connectivity index (χ2v) is 8.87. The Kier molecular flexibility index (Phi) is 6.63. The van der Waals surface area contributed by atoms with Crippen molar-refractivity contribution in [1.82, 2.24) is 0 Å². The van der Waals surface area contributed by atoms with Crippen molar-refractivity contribution >= 4 is 28.2 Å². The lowest BCUT2D eigenvalue weighted by atomic mass is 9.88. The van der Waals surface area contributed by atoms with Crippen molar-refractivity contribution in [2.75, 3.05) is 18.5 Å². The van der Waals surface area contributed by atoms with Gasteiger partial charge in [-0.25, -0.2) is 4.79 Å². The minimum Gasteiger partial charge on any atom is -0.483 e. The Balaban J connectivity index is 1.78. The first-order chi connectivity index (χ1) is 13.8. The fourth-order valence-corrected chi connectivity index (χ4v) is 5.12. The standard InChI is InChI=1S/C23H29NO4S/c1-6-27-23(26)20-17-10-7-13(2)11-18(17)29-22(20)24-19(25)12-28-21-15(4)9-8-14(3)16(21)5/h8-9,13H,6-7,10-12H2,1-5H3,(H,24,25). The van der Waals surface area contributed by atoms with Crippen LogP contribution < -0.4 is 10.1 Å². The Morgan fingerprint density at radius 3 is 2.66 bits per heavy atom. The minimum absolute atomic E-state index is 0.105. The average Bonchev–Trinajstić information content (AvgIpc) is 3.01. The van der Waals surface area contributed by atoms with Gasteiger partial charge in [0.1, 0.15) is 10.8 Å². The summed E-state index contributed by atoms with van der Waals surface area (Å²) in [6, 6.07) is 4.03. The number of ether oxygens (including phenoxy) is 2. The maximum atomic E-state index is 12.6. The molecule has 156 valence electrons. The number of hydrogen-bond donors (Lipinski definition) is 1. The number of carbonyl (C=O) groups is 2. The molecule has 0 bridgehead atoms. The lowest BCUT2D eigenvalue weighted by Crippen LogP contribution is -2.22. The second kappa shape index (κ2) is 8.99. The van der Waals surface area contributed by atoms with E-state index in [9.17, 15) is 9.59 Å². The average molecular weight is 416 g/mol. The molecule has 1 aromatic heterocycles. The molecule has 1 N–H and O–H groups in total. The predicted molar refractivity (Wildman–Crippen MR) is 116 cm³/mol. The smallest absolute Gasteiger partial charge is 0.341 e. The third-order valence-corrected chi connectivity index (χ3v) is 6.64. The molecule has 0 aliphatic heterocycles. The number of carbonyl (C=O) groups excluding carboxylic acids is 2. The molecule has 0 saturated carbocycles. The predicted octanol–water partition coefficient (Wildman–Crippen LogP) is 4.99. The third-order valence-electron chi connectivity index (χ3n) is 5.47. The highest BCUT2D eigenvalue weighted by molar-refractivity contribution is 7.17. The van der Waals surface area contributed by atoms with E-state index in [1.54, 1.807) is 6.92 Å². The van der Waals surface area contributed by atoms with Crippen LogP contribution in [0.4, 0.5) is 5.00 Å². The number of hydrogen-bond acceptors (Lipinski definition) is 5. The molecule has 1 aliphatic rings. The first-order valence-electron chi connectivity index (χ1n) is 10.1. The number of amides is 1. The largest absolute Gasteiger partial charge is 0.483 e. The quantitative estimate of drug-likeness (QED) is 0.675. The Hall–Kier alpha value is -2.34. The van der Waals surface area contributed by atoms with Crippen LogP contribution in [-0.4, -0.2) is 25.1 Å². The van der Waals surface area contributed by atoms with E-state index in [1.165, 1.54) is 16.2 Å². The van der Waals surface area contributed by atoms with Gasteiger partial charge in [0, 0.05) is 4.88 Å². The van der Waals surface area contributed by atoms with Crippen LogP contribution in [0.3, 0.4) is 0 Å². The van der Waals surface area contributed by atoms with Crippen molar-refractivity contribution in [2.45, 2.75) is 53.9 Å². The van der Waals surface area contributed by atoms with Crippen LogP contribution in [0.5, 0.6) is 5.75 Å². The number of benzene rings is 1. The normalized spacial score (nSPS) is 15.6. The van der Waals surface area contributed by atoms with Crippen LogP contribution in [0, 0.1) is 26.7 Å². The number of fused-ring (bicyclic) bond motifs is 1. The topological polar surface area (TPSA) is 64.6 Å². The fourth-order valence-electron chi connectivity index (χ4n) is 3.71. The summed E-state index contributed by atoms with van der Waals surface area (Å²) in [6.07, 6.45) is 2.81. The van der Waals surface area contributed by atoms with Crippen molar-refractivity contribution in [3.63, 3.8) is 0 Å². The maximum absolute atomic E-state index is 12.6. The molecule has 1 aromatic carbocycles. The number of esters is 1. The summed E-state index contributed by atoms with van der Waals surface area (Å²) < 4.78 is 11.1. The number of rotatable bonds is 6.